The molecule has 0 N–H and O–H groups in total. The lowest BCUT2D eigenvalue weighted by molar-refractivity contribution is -0.115. The molecule has 0 aromatic rings. The normalized spacial score (nSPS) is 13.4. The summed E-state index contributed by atoms with van der Waals surface area (Å²) in [6.45, 7) is 4.99. The van der Waals surface area contributed by atoms with E-state index in [0.29, 0.717) is 0 Å². The minimum absolute atomic E-state index is 0.671. The molecule has 0 rings (SSSR count). The molecule has 9 heavy (non-hydrogen) atoms. The van der Waals surface area contributed by atoms with Crippen LogP contribution in [0.15, 0.2) is 0 Å². The van der Waals surface area contributed by atoms with Gasteiger partial charge in [-0.1, -0.05) is 13.8 Å². The van der Waals surface area contributed by atoms with Crippen LogP contribution in [0.3, 0.4) is 0 Å². The molecule has 0 heterocycles. The predicted molar refractivity (Wildman–Crippen MR) is 40.0 cm³/mol. The first-order valence-electron chi connectivity index (χ1n) is 2.65. The number of alkyl halides is 2. The Bertz CT molecular complexity index is 113. The Morgan fingerprint density at radius 3 is 1.56 bits per heavy atom. The van der Waals surface area contributed by atoms with Gasteiger partial charge in [-0.05, 0) is 6.92 Å². The summed E-state index contributed by atoms with van der Waals surface area (Å²) in [5.74, 6) is 0. The van der Waals surface area contributed by atoms with E-state index in [1.807, 2.05) is 0 Å². The van der Waals surface area contributed by atoms with Gasteiger partial charge in [0, 0.05) is 0 Å². The highest BCUT2D eigenvalue weighted by Crippen LogP contribution is 2.38. The van der Waals surface area contributed by atoms with Crippen molar-refractivity contribution in [2.45, 2.75) is 25.1 Å². The molecule has 0 aromatic carbocycles. The topological polar surface area (TPSA) is 17.1 Å². The molecule has 3 heteroatoms. The molecular weight excluding hydrogens is 159 g/mol. The van der Waals surface area contributed by atoms with Gasteiger partial charge in [-0.2, -0.15) is 0 Å². The van der Waals surface area contributed by atoms with Crippen LogP contribution < -0.4 is 0 Å². The van der Waals surface area contributed by atoms with Gasteiger partial charge >= 0.3 is 0 Å². The fraction of sp³-hybridized carbons (Fsp3) is 0.833. The molecule has 54 valence electrons. The molecule has 0 radical (unpaired) electrons. The summed E-state index contributed by atoms with van der Waals surface area (Å²) in [5, 5.41) is 0. The molecule has 0 aliphatic rings. The highest BCUT2D eigenvalue weighted by atomic mass is 35.5. The first-order chi connectivity index (χ1) is 3.81. The van der Waals surface area contributed by atoms with Gasteiger partial charge in [-0.25, -0.2) is 0 Å². The van der Waals surface area contributed by atoms with Gasteiger partial charge in [0.15, 0.2) is 0 Å². The molecule has 0 bridgehead atoms. The zero-order chi connectivity index (χ0) is 7.71. The van der Waals surface area contributed by atoms with Crippen molar-refractivity contribution in [3.05, 3.63) is 0 Å². The van der Waals surface area contributed by atoms with E-state index in [9.17, 15) is 4.79 Å². The maximum Gasteiger partial charge on any atom is 0.128 e. The van der Waals surface area contributed by atoms with Crippen molar-refractivity contribution in [2.24, 2.45) is 5.41 Å². The van der Waals surface area contributed by atoms with Crippen molar-refractivity contribution in [3.8, 4) is 0 Å². The lowest BCUT2D eigenvalue weighted by atomic mass is 9.91. The summed E-state index contributed by atoms with van der Waals surface area (Å²) in [7, 11) is 0. The van der Waals surface area contributed by atoms with Gasteiger partial charge in [0.25, 0.3) is 0 Å². The number of carbonyl (C=O) groups excluding carboxylic acids is 1. The summed E-state index contributed by atoms with van der Waals surface area (Å²) in [6, 6.07) is 0. The van der Waals surface area contributed by atoms with E-state index in [-0.39, 0.29) is 0 Å². The van der Waals surface area contributed by atoms with E-state index in [0.717, 1.165) is 6.29 Å². The first-order valence-corrected chi connectivity index (χ1v) is 3.41. The molecule has 0 spiro atoms. The highest BCUT2D eigenvalue weighted by Gasteiger charge is 2.37. The van der Waals surface area contributed by atoms with Crippen LogP contribution in [-0.4, -0.2) is 10.6 Å². The number of hydrogen-bond acceptors (Lipinski definition) is 1. The summed E-state index contributed by atoms with van der Waals surface area (Å²) >= 11 is 11.3. The quantitative estimate of drug-likeness (QED) is 0.458. The molecule has 0 saturated carbocycles. The van der Waals surface area contributed by atoms with Crippen molar-refractivity contribution in [3.63, 3.8) is 0 Å². The summed E-state index contributed by atoms with van der Waals surface area (Å²) < 4.78 is -0.977. The van der Waals surface area contributed by atoms with Gasteiger partial charge in [0.05, 0.1) is 5.41 Å². The van der Waals surface area contributed by atoms with Gasteiger partial charge < -0.3 is 4.79 Å². The minimum Gasteiger partial charge on any atom is -0.303 e. The Morgan fingerprint density at radius 2 is 1.56 bits per heavy atom. The molecule has 0 fully saturated rings. The summed E-state index contributed by atoms with van der Waals surface area (Å²) in [5.41, 5.74) is -0.671. The maximum absolute atomic E-state index is 10.3. The van der Waals surface area contributed by atoms with Crippen LogP contribution in [-0.2, 0) is 4.79 Å². The molecule has 1 nitrogen and oxygen atoms in total. The van der Waals surface area contributed by atoms with Crippen LogP contribution in [0.5, 0.6) is 0 Å². The third-order valence-corrected chi connectivity index (χ3v) is 2.40. The Kier molecular flexibility index (Phi) is 2.54. The van der Waals surface area contributed by atoms with Crippen LogP contribution in [0.4, 0.5) is 0 Å². The molecule has 0 aliphatic heterocycles. The standard InChI is InChI=1S/C6H10Cl2O/c1-5(2,4-9)6(3,7)8/h4H,1-3H3. The molecular formula is C6H10Cl2O. The second-order valence-electron chi connectivity index (χ2n) is 2.73. The zero-order valence-corrected chi connectivity index (χ0v) is 7.25. The number of aldehydes is 1. The number of carbonyl (C=O) groups is 1. The van der Waals surface area contributed by atoms with E-state index in [1.54, 1.807) is 20.8 Å². The lowest BCUT2D eigenvalue weighted by Crippen LogP contribution is -2.32. The van der Waals surface area contributed by atoms with Crippen molar-refractivity contribution >= 4 is 29.5 Å². The number of rotatable bonds is 2. The van der Waals surface area contributed by atoms with E-state index < -0.39 is 9.75 Å². The number of halogens is 2. The Hall–Kier alpha value is 0.250. The summed E-state index contributed by atoms with van der Waals surface area (Å²) in [4.78, 5) is 10.3. The average molecular weight is 169 g/mol. The molecule has 0 aromatic heterocycles. The van der Waals surface area contributed by atoms with Crippen molar-refractivity contribution in [1.82, 2.24) is 0 Å². The lowest BCUT2D eigenvalue weighted by Gasteiger charge is -2.27. The van der Waals surface area contributed by atoms with Crippen LogP contribution in [0.1, 0.15) is 20.8 Å². The minimum atomic E-state index is -0.977. The summed E-state index contributed by atoms with van der Waals surface area (Å²) in [6.07, 6.45) is 0.757. The molecule has 0 aliphatic carbocycles. The van der Waals surface area contributed by atoms with Crippen LogP contribution in [0.25, 0.3) is 0 Å². The average Bonchev–Trinajstić information content (AvgIpc) is 1.64. The third-order valence-electron chi connectivity index (χ3n) is 1.43. The van der Waals surface area contributed by atoms with Gasteiger partial charge in [0.2, 0.25) is 0 Å². The largest absolute Gasteiger partial charge is 0.303 e. The molecule has 0 amide bonds. The molecule has 0 atom stereocenters. The number of hydrogen-bond donors (Lipinski definition) is 0. The fourth-order valence-corrected chi connectivity index (χ4v) is 0.193. The Labute approximate surface area is 65.3 Å². The Morgan fingerprint density at radius 1 is 1.22 bits per heavy atom. The SMILES string of the molecule is CC(Cl)(Cl)C(C)(C)C=O. The third kappa shape index (κ3) is 2.15. The monoisotopic (exact) mass is 168 g/mol. The maximum atomic E-state index is 10.3. The predicted octanol–water partition coefficient (Wildman–Crippen LogP) is 2.41. The second kappa shape index (κ2) is 2.47. The van der Waals surface area contributed by atoms with Gasteiger partial charge in [-0.3, -0.25) is 0 Å². The van der Waals surface area contributed by atoms with Crippen LogP contribution in [0.2, 0.25) is 0 Å². The van der Waals surface area contributed by atoms with Crippen LogP contribution in [0, 0.1) is 5.41 Å². The zero-order valence-electron chi connectivity index (χ0n) is 5.74. The van der Waals surface area contributed by atoms with Crippen molar-refractivity contribution in [1.29, 1.82) is 0 Å². The van der Waals surface area contributed by atoms with Crippen molar-refractivity contribution < 1.29 is 4.79 Å². The fourth-order valence-electron chi connectivity index (χ4n) is 0.103. The second-order valence-corrected chi connectivity index (χ2v) is 4.43. The first kappa shape index (κ1) is 9.25. The van der Waals surface area contributed by atoms with E-state index in [1.165, 1.54) is 0 Å². The van der Waals surface area contributed by atoms with Crippen molar-refractivity contribution in [2.75, 3.05) is 0 Å². The van der Waals surface area contributed by atoms with Gasteiger partial charge in [-0.15, -0.1) is 23.2 Å². The van der Waals surface area contributed by atoms with E-state index in [4.69, 9.17) is 23.2 Å². The van der Waals surface area contributed by atoms with Crippen LogP contribution >= 0.6 is 23.2 Å². The smallest absolute Gasteiger partial charge is 0.128 e. The Balaban J connectivity index is 4.32. The molecule has 0 unspecified atom stereocenters. The van der Waals surface area contributed by atoms with Gasteiger partial charge in [0.1, 0.15) is 10.6 Å². The highest BCUT2D eigenvalue weighted by molar-refractivity contribution is 6.49. The molecule has 0 saturated heterocycles. The van der Waals surface area contributed by atoms with E-state index in [2.05, 4.69) is 0 Å². The van der Waals surface area contributed by atoms with E-state index >= 15 is 0 Å².